The van der Waals surface area contributed by atoms with Crippen LogP contribution in [0.1, 0.15) is 39.9 Å². The van der Waals surface area contributed by atoms with Gasteiger partial charge in [-0.3, -0.25) is 4.79 Å². The number of hydrogen-bond donors (Lipinski definition) is 1. The summed E-state index contributed by atoms with van der Waals surface area (Å²) >= 11 is 0. The molecule has 5 rings (SSSR count). The minimum atomic E-state index is -0.121. The van der Waals surface area contributed by atoms with Gasteiger partial charge in [0.2, 0.25) is 6.79 Å². The molecule has 1 N–H and O–H groups in total. The fourth-order valence-corrected chi connectivity index (χ4v) is 4.12. The highest BCUT2D eigenvalue weighted by Gasteiger charge is 2.28. The van der Waals surface area contributed by atoms with Crippen LogP contribution in [0.5, 0.6) is 11.5 Å². The third-order valence-corrected chi connectivity index (χ3v) is 5.90. The van der Waals surface area contributed by atoms with Gasteiger partial charge in [-0.1, -0.05) is 12.1 Å². The van der Waals surface area contributed by atoms with Gasteiger partial charge < -0.3 is 19.5 Å². The smallest absolute Gasteiger partial charge is 0.255 e. The molecule has 0 radical (unpaired) electrons. The molecular formula is C24H25N3O4. The summed E-state index contributed by atoms with van der Waals surface area (Å²) in [6.07, 6.45) is 6.02. The van der Waals surface area contributed by atoms with Crippen LogP contribution in [-0.4, -0.2) is 41.7 Å². The van der Waals surface area contributed by atoms with Crippen molar-refractivity contribution in [2.24, 2.45) is 0 Å². The molecule has 2 aliphatic heterocycles. The largest absolute Gasteiger partial charge is 0.453 e. The Morgan fingerprint density at radius 2 is 1.94 bits per heavy atom. The van der Waals surface area contributed by atoms with Crippen molar-refractivity contribution in [1.82, 2.24) is 15.1 Å². The number of nitrogens with zero attached hydrogens (tertiary/aromatic N) is 2. The highest BCUT2D eigenvalue weighted by atomic mass is 16.7. The minimum Gasteiger partial charge on any atom is -0.453 e. The molecule has 0 atom stereocenters. The molecule has 0 bridgehead atoms. The Hall–Kier alpha value is -3.32. The van der Waals surface area contributed by atoms with E-state index < -0.39 is 0 Å². The fourth-order valence-electron chi connectivity index (χ4n) is 4.12. The zero-order valence-corrected chi connectivity index (χ0v) is 17.5. The van der Waals surface area contributed by atoms with Gasteiger partial charge in [-0.25, -0.2) is 4.68 Å². The lowest BCUT2D eigenvalue weighted by molar-refractivity contribution is 0.0695. The Morgan fingerprint density at radius 3 is 2.68 bits per heavy atom. The lowest BCUT2D eigenvalue weighted by Gasteiger charge is -2.23. The predicted molar refractivity (Wildman–Crippen MR) is 115 cm³/mol. The van der Waals surface area contributed by atoms with Crippen LogP contribution in [-0.2, 0) is 11.2 Å². The quantitative estimate of drug-likeness (QED) is 0.686. The Kier molecular flexibility index (Phi) is 5.34. The van der Waals surface area contributed by atoms with Crippen LogP contribution >= 0.6 is 0 Å². The van der Waals surface area contributed by atoms with E-state index in [0.717, 1.165) is 35.2 Å². The van der Waals surface area contributed by atoms with Crippen LogP contribution in [0.2, 0.25) is 0 Å². The van der Waals surface area contributed by atoms with E-state index in [-0.39, 0.29) is 18.7 Å². The highest BCUT2D eigenvalue weighted by Crippen LogP contribution is 2.41. The van der Waals surface area contributed by atoms with Crippen molar-refractivity contribution in [3.63, 3.8) is 0 Å². The molecule has 1 saturated heterocycles. The Balaban J connectivity index is 1.41. The van der Waals surface area contributed by atoms with Gasteiger partial charge >= 0.3 is 0 Å². The van der Waals surface area contributed by atoms with Gasteiger partial charge in [0.25, 0.3) is 5.91 Å². The van der Waals surface area contributed by atoms with Crippen LogP contribution in [0.3, 0.4) is 0 Å². The molecule has 3 aromatic rings. The van der Waals surface area contributed by atoms with Crippen LogP contribution < -0.4 is 14.8 Å². The summed E-state index contributed by atoms with van der Waals surface area (Å²) in [5, 5.41) is 7.40. The van der Waals surface area contributed by atoms with Gasteiger partial charge in [-0.15, -0.1) is 0 Å². The predicted octanol–water partition coefficient (Wildman–Crippen LogP) is 3.41. The molecule has 1 amide bonds. The first kappa shape index (κ1) is 19.6. The van der Waals surface area contributed by atoms with Gasteiger partial charge in [-0.2, -0.15) is 5.10 Å². The summed E-state index contributed by atoms with van der Waals surface area (Å²) in [5.74, 6) is 1.09. The molecule has 0 saturated carbocycles. The first-order valence-electron chi connectivity index (χ1n) is 10.6. The summed E-state index contributed by atoms with van der Waals surface area (Å²) in [6, 6.07) is 12.2. The molecule has 7 heteroatoms. The average molecular weight is 419 g/mol. The molecular weight excluding hydrogens is 394 g/mol. The molecule has 7 nitrogen and oxygen atoms in total. The van der Waals surface area contributed by atoms with Crippen molar-refractivity contribution in [2.45, 2.75) is 32.2 Å². The molecule has 160 valence electrons. The van der Waals surface area contributed by atoms with Gasteiger partial charge in [0, 0.05) is 31.6 Å². The summed E-state index contributed by atoms with van der Waals surface area (Å²) in [4.78, 5) is 13.1. The van der Waals surface area contributed by atoms with E-state index in [0.29, 0.717) is 36.7 Å². The zero-order chi connectivity index (χ0) is 21.2. The summed E-state index contributed by atoms with van der Waals surface area (Å²) in [6.45, 7) is 3.50. The molecule has 2 aliphatic rings. The summed E-state index contributed by atoms with van der Waals surface area (Å²) < 4.78 is 18.6. The third kappa shape index (κ3) is 4.01. The van der Waals surface area contributed by atoms with Crippen molar-refractivity contribution in [1.29, 1.82) is 0 Å². The van der Waals surface area contributed by atoms with Crippen LogP contribution in [0.15, 0.2) is 48.8 Å². The maximum Gasteiger partial charge on any atom is 0.255 e. The fraction of sp³-hybridized carbons (Fsp3) is 0.333. The van der Waals surface area contributed by atoms with Crippen molar-refractivity contribution in [3.8, 4) is 17.2 Å². The SMILES string of the molecule is Cc1c(Cc2ccc(-n3cccn3)cc2)cc(C(=O)NC2CCOCC2)c2c1OCO2. The van der Waals surface area contributed by atoms with Gasteiger partial charge in [0.05, 0.1) is 11.3 Å². The van der Waals surface area contributed by atoms with Crippen molar-refractivity contribution in [2.75, 3.05) is 20.0 Å². The van der Waals surface area contributed by atoms with Gasteiger partial charge in [-0.05, 0) is 67.1 Å². The zero-order valence-electron chi connectivity index (χ0n) is 17.5. The van der Waals surface area contributed by atoms with E-state index >= 15 is 0 Å². The van der Waals surface area contributed by atoms with Crippen molar-refractivity contribution in [3.05, 3.63) is 71.0 Å². The van der Waals surface area contributed by atoms with Crippen LogP contribution in [0, 0.1) is 6.92 Å². The van der Waals surface area contributed by atoms with Crippen LogP contribution in [0.25, 0.3) is 5.69 Å². The van der Waals surface area contributed by atoms with E-state index in [1.54, 1.807) is 6.20 Å². The number of benzene rings is 2. The number of ether oxygens (including phenoxy) is 3. The Labute approximate surface area is 180 Å². The monoisotopic (exact) mass is 419 g/mol. The minimum absolute atomic E-state index is 0.121. The number of fused-ring (bicyclic) bond motifs is 1. The molecule has 1 fully saturated rings. The number of carbonyl (C=O) groups is 1. The van der Waals surface area contributed by atoms with Gasteiger partial charge in [0.15, 0.2) is 11.5 Å². The molecule has 0 unspecified atom stereocenters. The van der Waals surface area contributed by atoms with Crippen molar-refractivity contribution >= 4 is 5.91 Å². The van der Waals surface area contributed by atoms with E-state index in [1.807, 2.05) is 42.1 Å². The Morgan fingerprint density at radius 1 is 1.16 bits per heavy atom. The number of carbonyl (C=O) groups excluding carboxylic acids is 1. The maximum absolute atomic E-state index is 13.1. The van der Waals surface area contributed by atoms with Crippen molar-refractivity contribution < 1.29 is 19.0 Å². The molecule has 0 spiro atoms. The standard InChI is InChI=1S/C24H25N3O4/c1-16-18(13-17-3-5-20(6-4-17)27-10-2-9-25-27)14-21(23-22(16)30-15-31-23)24(28)26-19-7-11-29-12-8-19/h2-6,9-10,14,19H,7-8,11-13,15H2,1H3,(H,26,28). The van der Waals surface area contributed by atoms with Gasteiger partial charge in [0.1, 0.15) is 0 Å². The second kappa shape index (κ2) is 8.43. The first-order valence-corrected chi connectivity index (χ1v) is 10.6. The average Bonchev–Trinajstić information content (AvgIpc) is 3.49. The summed E-state index contributed by atoms with van der Waals surface area (Å²) in [7, 11) is 0. The van der Waals surface area contributed by atoms with Crippen LogP contribution in [0.4, 0.5) is 0 Å². The first-order chi connectivity index (χ1) is 15.2. The lowest BCUT2D eigenvalue weighted by Crippen LogP contribution is -2.39. The number of aromatic nitrogens is 2. The second-order valence-corrected chi connectivity index (χ2v) is 7.93. The topological polar surface area (TPSA) is 74.6 Å². The molecule has 31 heavy (non-hydrogen) atoms. The van der Waals surface area contributed by atoms with E-state index in [1.165, 1.54) is 0 Å². The van der Waals surface area contributed by atoms with E-state index in [4.69, 9.17) is 14.2 Å². The molecule has 3 heterocycles. The molecule has 2 aromatic carbocycles. The van der Waals surface area contributed by atoms with E-state index in [2.05, 4.69) is 22.5 Å². The van der Waals surface area contributed by atoms with E-state index in [9.17, 15) is 4.79 Å². The number of hydrogen-bond acceptors (Lipinski definition) is 5. The second-order valence-electron chi connectivity index (χ2n) is 7.93. The number of amides is 1. The lowest BCUT2D eigenvalue weighted by atomic mass is 9.96. The maximum atomic E-state index is 13.1. The summed E-state index contributed by atoms with van der Waals surface area (Å²) in [5.41, 5.74) is 4.74. The third-order valence-electron chi connectivity index (χ3n) is 5.90. The highest BCUT2D eigenvalue weighted by molar-refractivity contribution is 5.98. The molecule has 0 aliphatic carbocycles. The number of rotatable bonds is 5. The number of nitrogens with one attached hydrogen (secondary N) is 1. The molecule has 1 aromatic heterocycles. The Bertz CT molecular complexity index is 1070. The normalized spacial score (nSPS) is 15.8.